The van der Waals surface area contributed by atoms with E-state index in [0.29, 0.717) is 6.42 Å². The molecule has 1 amide bonds. The normalized spacial score (nSPS) is 19.8. The lowest BCUT2D eigenvalue weighted by Gasteiger charge is -2.40. The first kappa shape index (κ1) is 68.1. The first-order valence-corrected chi connectivity index (χ1v) is 30.0. The third kappa shape index (κ3) is 42.0. The van der Waals surface area contributed by atoms with Crippen molar-refractivity contribution in [1.82, 2.24) is 5.32 Å². The zero-order valence-electron chi connectivity index (χ0n) is 46.6. The molecule has 9 heteroatoms. The molecule has 6 N–H and O–H groups in total. The van der Waals surface area contributed by atoms with Crippen molar-refractivity contribution in [3.05, 3.63) is 97.2 Å². The summed E-state index contributed by atoms with van der Waals surface area (Å²) in [4.78, 5) is 13.1. The Bertz CT molecular complexity index is 1460. The predicted molar refractivity (Wildman–Crippen MR) is 308 cm³/mol. The molecule has 9 nitrogen and oxygen atoms in total. The largest absolute Gasteiger partial charge is 0.394 e. The van der Waals surface area contributed by atoms with Crippen LogP contribution in [-0.2, 0) is 14.3 Å². The molecule has 7 unspecified atom stereocenters. The van der Waals surface area contributed by atoms with Gasteiger partial charge in [0.05, 0.1) is 25.4 Å². The number of carbonyl (C=O) groups is 1. The standard InChI is InChI=1S/C64H111NO8/c1-3-5-7-9-11-13-15-17-19-21-22-23-24-25-26-27-28-29-30-31-32-33-34-35-36-38-40-42-44-46-48-50-52-54-60(68)65-57(56-72-64-63(71)62(70)61(69)59(55-66)73-64)58(67)53-51-49-47-45-43-41-39-37-20-18-16-14-12-10-8-6-4-2/h5,7,11,13,17,19,22-23,25-26,28-29,43,45,51,53,57-59,61-64,66-67,69-71H,3-4,6,8-10,12,14-16,18,20-21,24,27,30-42,44,46-50,52,54-56H2,1-2H3,(H,65,68)/b7-5-,13-11-,19-17-,23-22-,26-25-,29-28-,45-43+,53-51+. The van der Waals surface area contributed by atoms with Crippen LogP contribution in [0.5, 0.6) is 0 Å². The molecule has 1 saturated heterocycles. The molecule has 1 aliphatic rings. The fourth-order valence-corrected chi connectivity index (χ4v) is 8.94. The second-order valence-electron chi connectivity index (χ2n) is 20.4. The van der Waals surface area contributed by atoms with Gasteiger partial charge in [-0.2, -0.15) is 0 Å². The average molecular weight is 1020 g/mol. The third-order valence-electron chi connectivity index (χ3n) is 13.6. The predicted octanol–water partition coefficient (Wildman–Crippen LogP) is 15.2. The van der Waals surface area contributed by atoms with Crippen molar-refractivity contribution < 1.29 is 39.8 Å². The number of hydrogen-bond donors (Lipinski definition) is 6. The number of aliphatic hydroxyl groups is 5. The van der Waals surface area contributed by atoms with Gasteiger partial charge in [-0.3, -0.25) is 4.79 Å². The maximum atomic E-state index is 13.1. The quantitative estimate of drug-likeness (QED) is 0.0261. The molecule has 0 aromatic carbocycles. The Morgan fingerprint density at radius 2 is 0.863 bits per heavy atom. The van der Waals surface area contributed by atoms with Crippen molar-refractivity contribution in [3.8, 4) is 0 Å². The van der Waals surface area contributed by atoms with Crippen molar-refractivity contribution in [2.45, 2.75) is 288 Å². The van der Waals surface area contributed by atoms with Crippen LogP contribution in [0.15, 0.2) is 97.2 Å². The van der Waals surface area contributed by atoms with Gasteiger partial charge in [0.25, 0.3) is 0 Å². The van der Waals surface area contributed by atoms with Crippen LogP contribution in [0, 0.1) is 0 Å². The molecule has 1 heterocycles. The van der Waals surface area contributed by atoms with E-state index in [4.69, 9.17) is 9.47 Å². The second-order valence-corrected chi connectivity index (χ2v) is 20.4. The summed E-state index contributed by atoms with van der Waals surface area (Å²) in [5.74, 6) is -0.190. The fourth-order valence-electron chi connectivity index (χ4n) is 8.94. The summed E-state index contributed by atoms with van der Waals surface area (Å²) in [5.41, 5.74) is 0. The number of nitrogens with one attached hydrogen (secondary N) is 1. The fraction of sp³-hybridized carbons (Fsp3) is 0.734. The Balaban J connectivity index is 2.18. The number of amides is 1. The van der Waals surface area contributed by atoms with Crippen molar-refractivity contribution in [2.75, 3.05) is 13.2 Å². The summed E-state index contributed by atoms with van der Waals surface area (Å²) in [6.45, 7) is 3.65. The van der Waals surface area contributed by atoms with Crippen LogP contribution in [-0.4, -0.2) is 87.5 Å². The Hall–Kier alpha value is -2.89. The molecular formula is C64H111NO8. The lowest BCUT2D eigenvalue weighted by atomic mass is 9.99. The van der Waals surface area contributed by atoms with Crippen LogP contribution >= 0.6 is 0 Å². The van der Waals surface area contributed by atoms with Crippen LogP contribution in [0.2, 0.25) is 0 Å². The number of unbranched alkanes of at least 4 members (excludes halogenated alkanes) is 26. The van der Waals surface area contributed by atoms with Gasteiger partial charge in [0, 0.05) is 6.42 Å². The molecule has 420 valence electrons. The van der Waals surface area contributed by atoms with Crippen molar-refractivity contribution in [3.63, 3.8) is 0 Å². The number of carbonyl (C=O) groups excluding carboxylic acids is 1. The van der Waals surface area contributed by atoms with Crippen LogP contribution < -0.4 is 5.32 Å². The monoisotopic (exact) mass is 1020 g/mol. The molecule has 1 fully saturated rings. The van der Waals surface area contributed by atoms with E-state index in [-0.39, 0.29) is 12.5 Å². The molecule has 7 atom stereocenters. The smallest absolute Gasteiger partial charge is 0.220 e. The molecule has 0 radical (unpaired) electrons. The molecule has 0 saturated carbocycles. The highest BCUT2D eigenvalue weighted by molar-refractivity contribution is 5.76. The third-order valence-corrected chi connectivity index (χ3v) is 13.6. The first-order chi connectivity index (χ1) is 35.8. The summed E-state index contributed by atoms with van der Waals surface area (Å²) < 4.78 is 11.3. The van der Waals surface area contributed by atoms with Gasteiger partial charge in [0.1, 0.15) is 24.4 Å². The van der Waals surface area contributed by atoms with Crippen LogP contribution in [0.4, 0.5) is 0 Å². The van der Waals surface area contributed by atoms with E-state index >= 15 is 0 Å². The van der Waals surface area contributed by atoms with E-state index in [1.165, 1.54) is 148 Å². The van der Waals surface area contributed by atoms with Gasteiger partial charge in [-0.05, 0) is 83.5 Å². The summed E-state index contributed by atoms with van der Waals surface area (Å²) in [7, 11) is 0. The maximum Gasteiger partial charge on any atom is 0.220 e. The summed E-state index contributed by atoms with van der Waals surface area (Å²) in [5, 5.41) is 54.5. The van der Waals surface area contributed by atoms with Crippen molar-refractivity contribution >= 4 is 5.91 Å². The second kappa shape index (κ2) is 52.5. The number of rotatable bonds is 50. The Morgan fingerprint density at radius 3 is 1.32 bits per heavy atom. The van der Waals surface area contributed by atoms with Crippen LogP contribution in [0.3, 0.4) is 0 Å². The van der Waals surface area contributed by atoms with E-state index < -0.39 is 49.5 Å². The topological polar surface area (TPSA) is 149 Å². The Morgan fingerprint density at radius 1 is 0.479 bits per heavy atom. The van der Waals surface area contributed by atoms with E-state index in [2.05, 4.69) is 104 Å². The molecule has 0 aliphatic carbocycles. The SMILES string of the molecule is CC/C=C\C/C=C\C/C=C\C/C=C\C/C=C\C/C=C\CCCCCCCCCCCCCCCCC(=O)NC(COC1OC(CO)C(O)C(O)C1O)C(O)/C=C/CC/C=C/CCCCCCCCCCCCC. The van der Waals surface area contributed by atoms with E-state index in [1.807, 2.05) is 6.08 Å². The molecule has 1 aliphatic heterocycles. The minimum absolute atomic E-state index is 0.190. The molecule has 1 rings (SSSR count). The van der Waals surface area contributed by atoms with Gasteiger partial charge in [-0.15, -0.1) is 0 Å². The highest BCUT2D eigenvalue weighted by atomic mass is 16.7. The van der Waals surface area contributed by atoms with Crippen molar-refractivity contribution in [1.29, 1.82) is 0 Å². The molecule has 0 aromatic rings. The number of ether oxygens (including phenoxy) is 2. The first-order valence-electron chi connectivity index (χ1n) is 30.0. The van der Waals surface area contributed by atoms with Gasteiger partial charge < -0.3 is 40.3 Å². The Labute approximate surface area is 447 Å². The van der Waals surface area contributed by atoms with Gasteiger partial charge in [0.2, 0.25) is 5.91 Å². The summed E-state index contributed by atoms with van der Waals surface area (Å²) in [6.07, 6.45) is 69.1. The van der Waals surface area contributed by atoms with E-state index in [0.717, 1.165) is 77.0 Å². The zero-order chi connectivity index (χ0) is 52.9. The minimum Gasteiger partial charge on any atom is -0.394 e. The van der Waals surface area contributed by atoms with Gasteiger partial charge in [-0.1, -0.05) is 252 Å². The molecule has 0 spiro atoms. The van der Waals surface area contributed by atoms with Gasteiger partial charge >= 0.3 is 0 Å². The lowest BCUT2D eigenvalue weighted by Crippen LogP contribution is -2.60. The Kier molecular flexibility index (Phi) is 49.0. The van der Waals surface area contributed by atoms with Crippen molar-refractivity contribution in [2.24, 2.45) is 0 Å². The van der Waals surface area contributed by atoms with E-state index in [9.17, 15) is 30.3 Å². The molecule has 0 aromatic heterocycles. The molecular weight excluding hydrogens is 911 g/mol. The van der Waals surface area contributed by atoms with E-state index in [1.54, 1.807) is 6.08 Å². The highest BCUT2D eigenvalue weighted by Crippen LogP contribution is 2.23. The van der Waals surface area contributed by atoms with Crippen LogP contribution in [0.1, 0.15) is 245 Å². The minimum atomic E-state index is -1.58. The number of aliphatic hydroxyl groups excluding tert-OH is 5. The molecule has 73 heavy (non-hydrogen) atoms. The lowest BCUT2D eigenvalue weighted by molar-refractivity contribution is -0.302. The number of allylic oxidation sites excluding steroid dienone is 15. The summed E-state index contributed by atoms with van der Waals surface area (Å²) >= 11 is 0. The van der Waals surface area contributed by atoms with Gasteiger partial charge in [-0.25, -0.2) is 0 Å². The summed E-state index contributed by atoms with van der Waals surface area (Å²) in [6, 6.07) is -0.827. The maximum absolute atomic E-state index is 13.1. The number of hydrogen-bond acceptors (Lipinski definition) is 8. The van der Waals surface area contributed by atoms with Gasteiger partial charge in [0.15, 0.2) is 6.29 Å². The molecule has 0 bridgehead atoms. The van der Waals surface area contributed by atoms with Crippen LogP contribution in [0.25, 0.3) is 0 Å². The highest BCUT2D eigenvalue weighted by Gasteiger charge is 2.44. The zero-order valence-corrected chi connectivity index (χ0v) is 46.6. The average Bonchev–Trinajstić information content (AvgIpc) is 3.39.